The lowest BCUT2D eigenvalue weighted by Crippen LogP contribution is -2.46. The number of nitrogens with zero attached hydrogens (tertiary/aromatic N) is 4. The molecule has 0 spiro atoms. The Balaban J connectivity index is 1.58. The van der Waals surface area contributed by atoms with E-state index in [1.54, 1.807) is 0 Å². The first-order chi connectivity index (χ1) is 12.1. The molecule has 1 fully saturated rings. The maximum Gasteiger partial charge on any atom is 0.134 e. The molecule has 2 heterocycles. The molecule has 2 aromatic rings. The van der Waals surface area contributed by atoms with Crippen LogP contribution >= 0.6 is 0 Å². The number of hydrogen-bond acceptors (Lipinski definition) is 5. The van der Waals surface area contributed by atoms with Crippen LogP contribution in [0.25, 0.3) is 0 Å². The monoisotopic (exact) mass is 339 g/mol. The summed E-state index contributed by atoms with van der Waals surface area (Å²) >= 11 is 0. The topological polar surface area (TPSA) is 44.3 Å². The fourth-order valence-corrected chi connectivity index (χ4v) is 3.09. The highest BCUT2D eigenvalue weighted by Crippen LogP contribution is 2.19. The van der Waals surface area contributed by atoms with Crippen molar-refractivity contribution in [3.63, 3.8) is 0 Å². The molecule has 5 nitrogen and oxygen atoms in total. The van der Waals surface area contributed by atoms with Gasteiger partial charge in [-0.1, -0.05) is 44.2 Å². The van der Waals surface area contributed by atoms with Gasteiger partial charge < -0.3 is 10.2 Å². The van der Waals surface area contributed by atoms with Crippen molar-refractivity contribution in [3.8, 4) is 0 Å². The average molecular weight is 339 g/mol. The van der Waals surface area contributed by atoms with Gasteiger partial charge in [0.15, 0.2) is 0 Å². The standard InChI is InChI=1S/C20H29N5/c1-16(2)14-21-19-13-20(23-17(3)22-19)25-11-9-24(10-12-25)15-18-7-5-4-6-8-18/h4-8,13,16H,9-12,14-15H2,1-3H3,(H,21,22,23). The zero-order valence-corrected chi connectivity index (χ0v) is 15.6. The predicted octanol–water partition coefficient (Wildman–Crippen LogP) is 3.18. The molecule has 1 aliphatic heterocycles. The highest BCUT2D eigenvalue weighted by molar-refractivity contribution is 5.49. The Morgan fingerprint density at radius 3 is 2.44 bits per heavy atom. The average Bonchev–Trinajstić information content (AvgIpc) is 2.61. The third-order valence-corrected chi connectivity index (χ3v) is 4.46. The van der Waals surface area contributed by atoms with Gasteiger partial charge in [-0.05, 0) is 18.4 Å². The summed E-state index contributed by atoms with van der Waals surface area (Å²) in [5.41, 5.74) is 1.38. The lowest BCUT2D eigenvalue weighted by atomic mass is 10.2. The minimum absolute atomic E-state index is 0.597. The summed E-state index contributed by atoms with van der Waals surface area (Å²) in [6.07, 6.45) is 0. The van der Waals surface area contributed by atoms with Gasteiger partial charge in [0.05, 0.1) is 0 Å². The molecule has 25 heavy (non-hydrogen) atoms. The Morgan fingerprint density at radius 2 is 1.76 bits per heavy atom. The molecule has 3 rings (SSSR count). The minimum Gasteiger partial charge on any atom is -0.370 e. The van der Waals surface area contributed by atoms with E-state index < -0.39 is 0 Å². The summed E-state index contributed by atoms with van der Waals surface area (Å²) in [6, 6.07) is 12.8. The zero-order chi connectivity index (χ0) is 17.6. The number of aromatic nitrogens is 2. The van der Waals surface area contributed by atoms with Crippen molar-refractivity contribution in [2.24, 2.45) is 5.92 Å². The Bertz CT molecular complexity index is 663. The zero-order valence-electron chi connectivity index (χ0n) is 15.6. The smallest absolute Gasteiger partial charge is 0.134 e. The molecule has 1 aliphatic rings. The molecule has 0 aliphatic carbocycles. The molecule has 0 unspecified atom stereocenters. The number of nitrogens with one attached hydrogen (secondary N) is 1. The van der Waals surface area contributed by atoms with E-state index in [-0.39, 0.29) is 0 Å². The van der Waals surface area contributed by atoms with Gasteiger partial charge in [0.2, 0.25) is 0 Å². The molecule has 134 valence electrons. The molecular weight excluding hydrogens is 310 g/mol. The molecule has 0 atom stereocenters. The molecule has 0 bridgehead atoms. The Hall–Kier alpha value is -2.14. The number of hydrogen-bond donors (Lipinski definition) is 1. The van der Waals surface area contributed by atoms with Crippen LogP contribution in [-0.2, 0) is 6.54 Å². The molecule has 1 saturated heterocycles. The summed E-state index contributed by atoms with van der Waals surface area (Å²) in [5, 5.41) is 3.42. The molecule has 0 amide bonds. The summed E-state index contributed by atoms with van der Waals surface area (Å²) < 4.78 is 0. The number of benzene rings is 1. The van der Waals surface area contributed by atoms with Gasteiger partial charge in [0.1, 0.15) is 17.5 Å². The van der Waals surface area contributed by atoms with E-state index in [1.165, 1.54) is 5.56 Å². The third-order valence-electron chi connectivity index (χ3n) is 4.46. The highest BCUT2D eigenvalue weighted by Gasteiger charge is 2.19. The summed E-state index contributed by atoms with van der Waals surface area (Å²) in [4.78, 5) is 14.0. The van der Waals surface area contributed by atoms with E-state index in [4.69, 9.17) is 0 Å². The van der Waals surface area contributed by atoms with Crippen molar-refractivity contribution in [3.05, 3.63) is 47.8 Å². The number of aryl methyl sites for hydroxylation is 1. The highest BCUT2D eigenvalue weighted by atomic mass is 15.3. The molecule has 0 saturated carbocycles. The van der Waals surface area contributed by atoms with Crippen molar-refractivity contribution < 1.29 is 0 Å². The number of rotatable bonds is 6. The van der Waals surface area contributed by atoms with E-state index in [9.17, 15) is 0 Å². The van der Waals surface area contributed by atoms with Crippen LogP contribution in [0, 0.1) is 12.8 Å². The molecule has 0 radical (unpaired) electrons. The van der Waals surface area contributed by atoms with Gasteiger partial charge in [-0.2, -0.15) is 0 Å². The molecular formula is C20H29N5. The Morgan fingerprint density at radius 1 is 1.04 bits per heavy atom. The van der Waals surface area contributed by atoms with Gasteiger partial charge in [0, 0.05) is 45.3 Å². The van der Waals surface area contributed by atoms with Crippen LogP contribution in [0.15, 0.2) is 36.4 Å². The fourth-order valence-electron chi connectivity index (χ4n) is 3.09. The first-order valence-corrected chi connectivity index (χ1v) is 9.21. The van der Waals surface area contributed by atoms with Gasteiger partial charge in [0.25, 0.3) is 0 Å². The van der Waals surface area contributed by atoms with Crippen LogP contribution in [0.1, 0.15) is 25.2 Å². The van der Waals surface area contributed by atoms with E-state index in [0.717, 1.165) is 56.7 Å². The maximum atomic E-state index is 4.65. The molecule has 5 heteroatoms. The van der Waals surface area contributed by atoms with Crippen LogP contribution in [0.2, 0.25) is 0 Å². The quantitative estimate of drug-likeness (QED) is 0.876. The Labute approximate surface area is 151 Å². The minimum atomic E-state index is 0.597. The fraction of sp³-hybridized carbons (Fsp3) is 0.500. The second-order valence-corrected chi connectivity index (χ2v) is 7.18. The second-order valence-electron chi connectivity index (χ2n) is 7.18. The lowest BCUT2D eigenvalue weighted by Gasteiger charge is -2.35. The van der Waals surface area contributed by atoms with E-state index in [1.807, 2.05) is 6.92 Å². The van der Waals surface area contributed by atoms with Gasteiger partial charge in [-0.3, -0.25) is 4.90 Å². The van der Waals surface area contributed by atoms with Crippen LogP contribution in [0.3, 0.4) is 0 Å². The van der Waals surface area contributed by atoms with Crippen molar-refractivity contribution in [1.82, 2.24) is 14.9 Å². The van der Waals surface area contributed by atoms with Crippen molar-refractivity contribution in [2.45, 2.75) is 27.3 Å². The summed E-state index contributed by atoms with van der Waals surface area (Å²) in [7, 11) is 0. The van der Waals surface area contributed by atoms with Crippen LogP contribution in [0.4, 0.5) is 11.6 Å². The van der Waals surface area contributed by atoms with Crippen molar-refractivity contribution in [1.29, 1.82) is 0 Å². The normalized spacial score (nSPS) is 15.6. The van der Waals surface area contributed by atoms with E-state index >= 15 is 0 Å². The summed E-state index contributed by atoms with van der Waals surface area (Å²) in [5.74, 6) is 3.40. The number of anilines is 2. The van der Waals surface area contributed by atoms with Crippen molar-refractivity contribution >= 4 is 11.6 Å². The van der Waals surface area contributed by atoms with Crippen molar-refractivity contribution in [2.75, 3.05) is 42.9 Å². The van der Waals surface area contributed by atoms with Gasteiger partial charge in [-0.15, -0.1) is 0 Å². The second kappa shape index (κ2) is 8.30. The van der Waals surface area contributed by atoms with Crippen LogP contribution in [0.5, 0.6) is 0 Å². The molecule has 1 N–H and O–H groups in total. The van der Waals surface area contributed by atoms with E-state index in [2.05, 4.69) is 75.3 Å². The largest absolute Gasteiger partial charge is 0.370 e. The SMILES string of the molecule is Cc1nc(NCC(C)C)cc(N2CCN(Cc3ccccc3)CC2)n1. The third kappa shape index (κ3) is 5.16. The first kappa shape index (κ1) is 17.7. The maximum absolute atomic E-state index is 4.65. The van der Waals surface area contributed by atoms with Gasteiger partial charge >= 0.3 is 0 Å². The van der Waals surface area contributed by atoms with E-state index in [0.29, 0.717) is 5.92 Å². The van der Waals surface area contributed by atoms with Gasteiger partial charge in [-0.25, -0.2) is 9.97 Å². The predicted molar refractivity (Wildman–Crippen MR) is 104 cm³/mol. The molecule has 1 aromatic heterocycles. The van der Waals surface area contributed by atoms with Crippen LogP contribution < -0.4 is 10.2 Å². The number of piperazine rings is 1. The molecule has 1 aromatic carbocycles. The Kier molecular flexibility index (Phi) is 5.87. The first-order valence-electron chi connectivity index (χ1n) is 9.21. The lowest BCUT2D eigenvalue weighted by molar-refractivity contribution is 0.249. The van der Waals surface area contributed by atoms with Crippen LogP contribution in [-0.4, -0.2) is 47.6 Å². The summed E-state index contributed by atoms with van der Waals surface area (Å²) in [6.45, 7) is 12.5.